The predicted molar refractivity (Wildman–Crippen MR) is 45.2 cm³/mol. The standard InChI is InChI=1S/C6H16N2O2P/c1-6(2)3-4-10-11(9)5-8-7/h6,8H,3-5,7H2,1-2H3/q+1. The number of nitrogens with two attached hydrogens (primary N) is 1. The first-order valence-electron chi connectivity index (χ1n) is 3.68. The molecule has 0 heterocycles. The molecule has 0 rings (SSSR count). The van der Waals surface area contributed by atoms with Gasteiger partial charge in [-0.2, -0.15) is 0 Å². The molecule has 11 heavy (non-hydrogen) atoms. The van der Waals surface area contributed by atoms with Gasteiger partial charge in [0.15, 0.2) is 0 Å². The van der Waals surface area contributed by atoms with Crippen molar-refractivity contribution in [3.8, 4) is 0 Å². The third-order valence-electron chi connectivity index (χ3n) is 1.15. The average molecular weight is 179 g/mol. The first kappa shape index (κ1) is 11.0. The quantitative estimate of drug-likeness (QED) is 0.365. The van der Waals surface area contributed by atoms with Gasteiger partial charge in [0.25, 0.3) is 0 Å². The van der Waals surface area contributed by atoms with E-state index in [1.54, 1.807) is 0 Å². The smallest absolute Gasteiger partial charge is 0.268 e. The molecule has 0 saturated carbocycles. The molecule has 0 aromatic rings. The molecule has 0 saturated heterocycles. The minimum absolute atomic E-state index is 0.230. The van der Waals surface area contributed by atoms with E-state index in [1.807, 2.05) is 0 Å². The topological polar surface area (TPSA) is 64.3 Å². The van der Waals surface area contributed by atoms with Crippen LogP contribution in [0.3, 0.4) is 0 Å². The van der Waals surface area contributed by atoms with Gasteiger partial charge in [0.1, 0.15) is 6.61 Å². The van der Waals surface area contributed by atoms with Crippen LogP contribution in [0, 0.1) is 5.92 Å². The highest BCUT2D eigenvalue weighted by Gasteiger charge is 2.14. The Bertz CT molecular complexity index is 119. The van der Waals surface area contributed by atoms with E-state index in [4.69, 9.17) is 10.4 Å². The minimum Gasteiger partial charge on any atom is -0.268 e. The number of hydrogen-bond donors (Lipinski definition) is 2. The molecular formula is C6H16N2O2P+. The van der Waals surface area contributed by atoms with E-state index in [9.17, 15) is 4.57 Å². The van der Waals surface area contributed by atoms with Crippen molar-refractivity contribution in [3.05, 3.63) is 0 Å². The fourth-order valence-corrected chi connectivity index (χ4v) is 1.06. The summed E-state index contributed by atoms with van der Waals surface area (Å²) in [6.45, 7) is 4.74. The van der Waals surface area contributed by atoms with Crippen LogP contribution < -0.4 is 11.3 Å². The fraction of sp³-hybridized carbons (Fsp3) is 1.00. The zero-order valence-corrected chi connectivity index (χ0v) is 7.93. The van der Waals surface area contributed by atoms with Crippen molar-refractivity contribution in [2.45, 2.75) is 20.3 Å². The largest absolute Gasteiger partial charge is 0.525 e. The van der Waals surface area contributed by atoms with Gasteiger partial charge < -0.3 is 0 Å². The van der Waals surface area contributed by atoms with Crippen LogP contribution in [0.1, 0.15) is 20.3 Å². The molecule has 0 amide bonds. The van der Waals surface area contributed by atoms with Gasteiger partial charge in [0.2, 0.25) is 6.29 Å². The van der Waals surface area contributed by atoms with Gasteiger partial charge in [-0.05, 0) is 16.9 Å². The molecule has 0 fully saturated rings. The van der Waals surface area contributed by atoms with Crippen LogP contribution in [0.5, 0.6) is 0 Å². The molecule has 0 aromatic carbocycles. The maximum absolute atomic E-state index is 10.8. The molecule has 0 aliphatic rings. The fourth-order valence-electron chi connectivity index (χ4n) is 0.510. The lowest BCUT2D eigenvalue weighted by molar-refractivity contribution is 0.299. The summed E-state index contributed by atoms with van der Waals surface area (Å²) in [6, 6.07) is 0. The number of hydrazine groups is 1. The van der Waals surface area contributed by atoms with Crippen molar-refractivity contribution in [2.24, 2.45) is 11.8 Å². The van der Waals surface area contributed by atoms with Crippen LogP contribution in [0.15, 0.2) is 0 Å². The Labute approximate surface area is 68.3 Å². The van der Waals surface area contributed by atoms with E-state index in [0.717, 1.165) is 6.42 Å². The second-order valence-electron chi connectivity index (χ2n) is 2.71. The normalized spacial score (nSPS) is 12.2. The Morgan fingerprint density at radius 1 is 1.64 bits per heavy atom. The van der Waals surface area contributed by atoms with Crippen molar-refractivity contribution in [1.82, 2.24) is 5.43 Å². The van der Waals surface area contributed by atoms with E-state index in [0.29, 0.717) is 12.5 Å². The van der Waals surface area contributed by atoms with E-state index < -0.39 is 8.03 Å². The summed E-state index contributed by atoms with van der Waals surface area (Å²) in [5.41, 5.74) is 2.30. The Morgan fingerprint density at radius 3 is 2.73 bits per heavy atom. The van der Waals surface area contributed by atoms with Gasteiger partial charge in [0.05, 0.1) is 0 Å². The molecule has 3 N–H and O–H groups in total. The second kappa shape index (κ2) is 6.68. The summed E-state index contributed by atoms with van der Waals surface area (Å²) in [4.78, 5) is 0. The highest BCUT2D eigenvalue weighted by molar-refractivity contribution is 7.39. The second-order valence-corrected chi connectivity index (χ2v) is 3.95. The van der Waals surface area contributed by atoms with E-state index in [1.165, 1.54) is 0 Å². The van der Waals surface area contributed by atoms with Crippen LogP contribution in [-0.2, 0) is 9.09 Å². The Hall–Kier alpha value is -0.0200. The lowest BCUT2D eigenvalue weighted by Crippen LogP contribution is -2.21. The highest BCUT2D eigenvalue weighted by atomic mass is 31.1. The zero-order chi connectivity index (χ0) is 8.69. The molecule has 1 atom stereocenters. The summed E-state index contributed by atoms with van der Waals surface area (Å²) in [6.07, 6.45) is 1.17. The summed E-state index contributed by atoms with van der Waals surface area (Å²) in [5, 5.41) is 0. The molecule has 0 aromatic heterocycles. The van der Waals surface area contributed by atoms with Crippen LogP contribution >= 0.6 is 8.03 Å². The van der Waals surface area contributed by atoms with Gasteiger partial charge in [-0.15, -0.1) is 4.52 Å². The van der Waals surface area contributed by atoms with Crippen LogP contribution in [0.25, 0.3) is 0 Å². The van der Waals surface area contributed by atoms with E-state index >= 15 is 0 Å². The molecule has 0 aliphatic heterocycles. The average Bonchev–Trinajstić information content (AvgIpc) is 1.87. The third kappa shape index (κ3) is 7.88. The molecule has 0 spiro atoms. The number of hydrogen-bond acceptors (Lipinski definition) is 4. The van der Waals surface area contributed by atoms with Gasteiger partial charge in [0, 0.05) is 0 Å². The van der Waals surface area contributed by atoms with Gasteiger partial charge in [-0.3, -0.25) is 5.84 Å². The molecule has 4 nitrogen and oxygen atoms in total. The minimum atomic E-state index is -1.60. The molecular weight excluding hydrogens is 163 g/mol. The molecule has 5 heteroatoms. The van der Waals surface area contributed by atoms with Crippen LogP contribution in [-0.4, -0.2) is 12.9 Å². The first-order valence-corrected chi connectivity index (χ1v) is 5.04. The monoisotopic (exact) mass is 179 g/mol. The van der Waals surface area contributed by atoms with Crippen molar-refractivity contribution in [2.75, 3.05) is 12.9 Å². The SMILES string of the molecule is CC(C)CCO[P+](=O)CNN. The van der Waals surface area contributed by atoms with Crippen molar-refractivity contribution < 1.29 is 9.09 Å². The van der Waals surface area contributed by atoms with Crippen LogP contribution in [0.2, 0.25) is 0 Å². The predicted octanol–water partition coefficient (Wildman–Crippen LogP) is 1.21. The maximum atomic E-state index is 10.8. The van der Waals surface area contributed by atoms with Crippen LogP contribution in [0.4, 0.5) is 0 Å². The molecule has 1 unspecified atom stereocenters. The summed E-state index contributed by atoms with van der Waals surface area (Å²) in [5.74, 6) is 5.53. The first-order chi connectivity index (χ1) is 5.16. The van der Waals surface area contributed by atoms with Gasteiger partial charge in [-0.1, -0.05) is 13.8 Å². The van der Waals surface area contributed by atoms with E-state index in [2.05, 4.69) is 19.3 Å². The van der Waals surface area contributed by atoms with E-state index in [-0.39, 0.29) is 6.29 Å². The third-order valence-corrected chi connectivity index (χ3v) is 2.06. The molecule has 66 valence electrons. The Kier molecular flexibility index (Phi) is 6.66. The van der Waals surface area contributed by atoms with Crippen molar-refractivity contribution in [1.29, 1.82) is 0 Å². The summed E-state index contributed by atoms with van der Waals surface area (Å²) < 4.78 is 15.8. The van der Waals surface area contributed by atoms with Crippen molar-refractivity contribution in [3.63, 3.8) is 0 Å². The Balaban J connectivity index is 3.17. The highest BCUT2D eigenvalue weighted by Crippen LogP contribution is 2.20. The lowest BCUT2D eigenvalue weighted by atomic mass is 10.2. The maximum Gasteiger partial charge on any atom is 0.525 e. The zero-order valence-electron chi connectivity index (χ0n) is 7.04. The van der Waals surface area contributed by atoms with Gasteiger partial charge in [-0.25, -0.2) is 5.43 Å². The van der Waals surface area contributed by atoms with Gasteiger partial charge >= 0.3 is 8.03 Å². The summed E-state index contributed by atoms with van der Waals surface area (Å²) in [7, 11) is -1.60. The summed E-state index contributed by atoms with van der Waals surface area (Å²) >= 11 is 0. The molecule has 0 radical (unpaired) electrons. The number of rotatable bonds is 6. The Morgan fingerprint density at radius 2 is 2.27 bits per heavy atom. The number of nitrogens with one attached hydrogen (secondary N) is 1. The lowest BCUT2D eigenvalue weighted by Gasteiger charge is -1.97. The van der Waals surface area contributed by atoms with Crippen molar-refractivity contribution >= 4 is 8.03 Å². The molecule has 0 bridgehead atoms. The molecule has 0 aliphatic carbocycles.